The maximum atomic E-state index is 12.3. The molecule has 0 radical (unpaired) electrons. The zero-order valence-corrected chi connectivity index (χ0v) is 18.5. The second-order valence-electron chi connectivity index (χ2n) is 8.83. The molecule has 31 heavy (non-hydrogen) atoms. The number of hydrogen-bond donors (Lipinski definition) is 1. The van der Waals surface area contributed by atoms with Gasteiger partial charge >= 0.3 is 6.09 Å². The summed E-state index contributed by atoms with van der Waals surface area (Å²) < 4.78 is 7.22. The van der Waals surface area contributed by atoms with Crippen LogP contribution in [0.3, 0.4) is 0 Å². The highest BCUT2D eigenvalue weighted by molar-refractivity contribution is 5.72. The summed E-state index contributed by atoms with van der Waals surface area (Å²) >= 11 is 0. The molecular formula is C23H29N5O3. The number of amides is 1. The van der Waals surface area contributed by atoms with E-state index in [9.17, 15) is 9.90 Å². The van der Waals surface area contributed by atoms with Gasteiger partial charge in [0, 0.05) is 37.4 Å². The fourth-order valence-corrected chi connectivity index (χ4v) is 3.76. The molecule has 8 heteroatoms. The predicted octanol–water partition coefficient (Wildman–Crippen LogP) is 3.25. The number of aromatic nitrogens is 3. The Morgan fingerprint density at radius 3 is 2.42 bits per heavy atom. The predicted molar refractivity (Wildman–Crippen MR) is 119 cm³/mol. The summed E-state index contributed by atoms with van der Waals surface area (Å²) in [5, 5.41) is 14.4. The molecule has 0 saturated carbocycles. The SMILES string of the molecule is Cc1cnc2cc(-c3ccc(N4CCN(C(=O)OC(C)(C)C)CC4)cc3)c(CO)nn12. The van der Waals surface area contributed by atoms with Gasteiger partial charge in [-0.1, -0.05) is 12.1 Å². The molecule has 0 aliphatic carbocycles. The van der Waals surface area contributed by atoms with Gasteiger partial charge in [0.25, 0.3) is 0 Å². The molecule has 1 aromatic carbocycles. The van der Waals surface area contributed by atoms with Gasteiger partial charge in [0.1, 0.15) is 5.60 Å². The van der Waals surface area contributed by atoms with Gasteiger partial charge in [-0.3, -0.25) is 0 Å². The maximum Gasteiger partial charge on any atom is 0.410 e. The summed E-state index contributed by atoms with van der Waals surface area (Å²) in [6, 6.07) is 10.2. The third-order valence-corrected chi connectivity index (χ3v) is 5.36. The summed E-state index contributed by atoms with van der Waals surface area (Å²) in [6.45, 7) is 10.2. The quantitative estimate of drug-likeness (QED) is 0.696. The van der Waals surface area contributed by atoms with Crippen molar-refractivity contribution >= 4 is 17.4 Å². The lowest BCUT2D eigenvalue weighted by atomic mass is 10.0. The average Bonchev–Trinajstić information content (AvgIpc) is 3.11. The number of hydrogen-bond acceptors (Lipinski definition) is 6. The van der Waals surface area contributed by atoms with Gasteiger partial charge in [-0.25, -0.2) is 14.3 Å². The number of aryl methyl sites for hydroxylation is 1. The van der Waals surface area contributed by atoms with Crippen LogP contribution in [0, 0.1) is 6.92 Å². The number of anilines is 1. The number of carbonyl (C=O) groups excluding carboxylic acids is 1. The van der Waals surface area contributed by atoms with Crippen LogP contribution < -0.4 is 4.90 Å². The van der Waals surface area contributed by atoms with Gasteiger partial charge in [0.05, 0.1) is 24.2 Å². The monoisotopic (exact) mass is 423 g/mol. The second-order valence-corrected chi connectivity index (χ2v) is 8.83. The molecule has 1 aliphatic rings. The normalized spacial score (nSPS) is 14.9. The minimum atomic E-state index is -0.482. The van der Waals surface area contributed by atoms with E-state index in [4.69, 9.17) is 4.74 Å². The standard InChI is InChI=1S/C23H29N5O3/c1-16-14-24-21-13-19(20(15-29)25-28(16)21)17-5-7-18(8-6-17)26-9-11-27(12-10-26)22(30)31-23(2,3)4/h5-8,13-14,29H,9-12,15H2,1-4H3. The zero-order chi connectivity index (χ0) is 22.2. The third-order valence-electron chi connectivity index (χ3n) is 5.36. The molecule has 164 valence electrons. The minimum absolute atomic E-state index is 0.142. The van der Waals surface area contributed by atoms with Crippen LogP contribution in [0.4, 0.5) is 10.5 Å². The van der Waals surface area contributed by atoms with Gasteiger partial charge in [-0.15, -0.1) is 0 Å². The van der Waals surface area contributed by atoms with Crippen molar-refractivity contribution in [3.05, 3.63) is 47.9 Å². The first-order valence-corrected chi connectivity index (χ1v) is 10.5. The molecule has 2 aromatic heterocycles. The Morgan fingerprint density at radius 2 is 1.81 bits per heavy atom. The number of aliphatic hydroxyl groups is 1. The molecule has 0 unspecified atom stereocenters. The number of benzene rings is 1. The van der Waals surface area contributed by atoms with Crippen LogP contribution >= 0.6 is 0 Å². The van der Waals surface area contributed by atoms with E-state index in [-0.39, 0.29) is 12.7 Å². The van der Waals surface area contributed by atoms with E-state index in [0.29, 0.717) is 18.8 Å². The number of carbonyl (C=O) groups is 1. The van der Waals surface area contributed by atoms with E-state index >= 15 is 0 Å². The van der Waals surface area contributed by atoms with E-state index in [1.807, 2.05) is 45.9 Å². The molecule has 3 aromatic rings. The van der Waals surface area contributed by atoms with Crippen molar-refractivity contribution in [1.29, 1.82) is 0 Å². The Labute approximate surface area is 182 Å². The largest absolute Gasteiger partial charge is 0.444 e. The van der Waals surface area contributed by atoms with Crippen molar-refractivity contribution in [2.75, 3.05) is 31.1 Å². The van der Waals surface area contributed by atoms with Gasteiger partial charge in [-0.2, -0.15) is 5.10 Å². The summed E-state index contributed by atoms with van der Waals surface area (Å²) in [7, 11) is 0. The molecule has 4 rings (SSSR count). The maximum absolute atomic E-state index is 12.3. The summed E-state index contributed by atoms with van der Waals surface area (Å²) in [5.74, 6) is 0. The number of nitrogens with zero attached hydrogens (tertiary/aromatic N) is 5. The molecule has 1 fully saturated rings. The number of ether oxygens (including phenoxy) is 1. The fourth-order valence-electron chi connectivity index (χ4n) is 3.76. The van der Waals surface area contributed by atoms with E-state index in [0.717, 1.165) is 41.2 Å². The van der Waals surface area contributed by atoms with Crippen molar-refractivity contribution < 1.29 is 14.6 Å². The summed E-state index contributed by atoms with van der Waals surface area (Å²) in [6.07, 6.45) is 1.52. The van der Waals surface area contributed by atoms with Crippen LogP contribution in [0.15, 0.2) is 36.5 Å². The molecule has 3 heterocycles. The van der Waals surface area contributed by atoms with E-state index in [2.05, 4.69) is 27.1 Å². The Bertz CT molecular complexity index is 1080. The van der Waals surface area contributed by atoms with Crippen LogP contribution in [0.25, 0.3) is 16.8 Å². The van der Waals surface area contributed by atoms with Crippen LogP contribution in [0.1, 0.15) is 32.2 Å². The highest BCUT2D eigenvalue weighted by Gasteiger charge is 2.26. The van der Waals surface area contributed by atoms with Crippen molar-refractivity contribution in [2.24, 2.45) is 0 Å². The van der Waals surface area contributed by atoms with E-state index in [1.54, 1.807) is 15.6 Å². The van der Waals surface area contributed by atoms with Crippen molar-refractivity contribution in [3.8, 4) is 11.1 Å². The second kappa shape index (κ2) is 8.19. The Hall–Kier alpha value is -3.13. The minimum Gasteiger partial charge on any atom is -0.444 e. The van der Waals surface area contributed by atoms with Crippen LogP contribution in [-0.2, 0) is 11.3 Å². The van der Waals surface area contributed by atoms with Crippen molar-refractivity contribution in [1.82, 2.24) is 19.5 Å². The first-order valence-electron chi connectivity index (χ1n) is 10.5. The smallest absolute Gasteiger partial charge is 0.410 e. The molecular weight excluding hydrogens is 394 g/mol. The molecule has 0 bridgehead atoms. The van der Waals surface area contributed by atoms with Crippen molar-refractivity contribution in [2.45, 2.75) is 39.9 Å². The zero-order valence-electron chi connectivity index (χ0n) is 18.5. The van der Waals surface area contributed by atoms with Crippen molar-refractivity contribution in [3.63, 3.8) is 0 Å². The molecule has 1 amide bonds. The Balaban J connectivity index is 1.47. The van der Waals surface area contributed by atoms with Gasteiger partial charge < -0.3 is 19.6 Å². The average molecular weight is 424 g/mol. The van der Waals surface area contributed by atoms with Gasteiger partial charge in [-0.05, 0) is 51.5 Å². The molecule has 1 aliphatic heterocycles. The number of rotatable bonds is 3. The third kappa shape index (κ3) is 4.49. The number of aliphatic hydroxyl groups excluding tert-OH is 1. The number of imidazole rings is 1. The Kier molecular flexibility index (Phi) is 5.58. The number of piperazine rings is 1. The van der Waals surface area contributed by atoms with Crippen LogP contribution in [0.5, 0.6) is 0 Å². The molecule has 1 N–H and O–H groups in total. The summed E-state index contributed by atoms with van der Waals surface area (Å²) in [4.78, 5) is 20.7. The van der Waals surface area contributed by atoms with E-state index in [1.165, 1.54) is 0 Å². The highest BCUT2D eigenvalue weighted by atomic mass is 16.6. The fraction of sp³-hybridized carbons (Fsp3) is 0.435. The Morgan fingerprint density at radius 1 is 1.13 bits per heavy atom. The number of fused-ring (bicyclic) bond motifs is 1. The van der Waals surface area contributed by atoms with Gasteiger partial charge in [0.15, 0.2) is 5.65 Å². The first-order chi connectivity index (χ1) is 14.7. The molecule has 0 spiro atoms. The van der Waals surface area contributed by atoms with Crippen LogP contribution in [0.2, 0.25) is 0 Å². The highest BCUT2D eigenvalue weighted by Crippen LogP contribution is 2.27. The molecule has 1 saturated heterocycles. The molecule has 8 nitrogen and oxygen atoms in total. The summed E-state index contributed by atoms with van der Waals surface area (Å²) in [5.41, 5.74) is 4.78. The van der Waals surface area contributed by atoms with Crippen LogP contribution in [-0.4, -0.2) is 62.5 Å². The lowest BCUT2D eigenvalue weighted by Gasteiger charge is -2.36. The van der Waals surface area contributed by atoms with Gasteiger partial charge in [0.2, 0.25) is 0 Å². The van der Waals surface area contributed by atoms with E-state index < -0.39 is 5.60 Å². The lowest BCUT2D eigenvalue weighted by Crippen LogP contribution is -2.50. The molecule has 0 atom stereocenters. The topological polar surface area (TPSA) is 83.2 Å². The lowest BCUT2D eigenvalue weighted by molar-refractivity contribution is 0.0240. The first kappa shape index (κ1) is 21.1.